The predicted octanol–water partition coefficient (Wildman–Crippen LogP) is 0.886. The van der Waals surface area contributed by atoms with Crippen LogP contribution in [0.1, 0.15) is 19.8 Å². The molecule has 1 heterocycles. The molecule has 0 bridgehead atoms. The van der Waals surface area contributed by atoms with Crippen LogP contribution < -0.4 is 0 Å². The first-order valence-electron chi connectivity index (χ1n) is 3.60. The molecule has 0 aliphatic carbocycles. The first kappa shape index (κ1) is 7.54. The fraction of sp³-hybridized carbons (Fsp3) is 0.857. The van der Waals surface area contributed by atoms with Crippen molar-refractivity contribution in [3.63, 3.8) is 0 Å². The Hall–Kier alpha value is -0.570. The second kappa shape index (κ2) is 3.01. The number of ether oxygens (including phenoxy) is 1. The van der Waals surface area contributed by atoms with Crippen molar-refractivity contribution in [3.8, 4) is 0 Å². The van der Waals surface area contributed by atoms with Gasteiger partial charge >= 0.3 is 5.97 Å². The molecule has 2 atom stereocenters. The van der Waals surface area contributed by atoms with Gasteiger partial charge in [0.15, 0.2) is 0 Å². The lowest BCUT2D eigenvalue weighted by molar-refractivity contribution is -0.156. The molecule has 1 fully saturated rings. The number of rotatable bonds is 3. The van der Waals surface area contributed by atoms with Crippen LogP contribution in [0.5, 0.6) is 0 Å². The van der Waals surface area contributed by atoms with Gasteiger partial charge in [0.2, 0.25) is 0 Å². The second-order valence-electron chi connectivity index (χ2n) is 2.55. The quantitative estimate of drug-likeness (QED) is 0.639. The SMILES string of the molecule is CCC(C(=O)O)C1CCO1. The first-order chi connectivity index (χ1) is 4.75. The molecule has 3 nitrogen and oxygen atoms in total. The molecule has 2 unspecified atom stereocenters. The van der Waals surface area contributed by atoms with Crippen molar-refractivity contribution in [2.75, 3.05) is 6.61 Å². The summed E-state index contributed by atoms with van der Waals surface area (Å²) >= 11 is 0. The number of carboxylic acid groups (broad SMARTS) is 1. The standard InChI is InChI=1S/C7H12O3/c1-2-5(7(8)9)6-3-4-10-6/h5-6H,2-4H2,1H3,(H,8,9). The van der Waals surface area contributed by atoms with Crippen LogP contribution in [-0.4, -0.2) is 23.8 Å². The van der Waals surface area contributed by atoms with E-state index in [1.807, 2.05) is 6.92 Å². The van der Waals surface area contributed by atoms with Gasteiger partial charge in [-0.3, -0.25) is 4.79 Å². The van der Waals surface area contributed by atoms with Crippen LogP contribution in [0.25, 0.3) is 0 Å². The lowest BCUT2D eigenvalue weighted by Gasteiger charge is -2.30. The Morgan fingerprint density at radius 1 is 1.90 bits per heavy atom. The molecule has 0 spiro atoms. The lowest BCUT2D eigenvalue weighted by Crippen LogP contribution is -2.38. The minimum absolute atomic E-state index is 0.0116. The van der Waals surface area contributed by atoms with Crippen LogP contribution in [0, 0.1) is 5.92 Å². The van der Waals surface area contributed by atoms with Crippen LogP contribution in [0.3, 0.4) is 0 Å². The summed E-state index contributed by atoms with van der Waals surface area (Å²) in [7, 11) is 0. The smallest absolute Gasteiger partial charge is 0.309 e. The number of carbonyl (C=O) groups is 1. The summed E-state index contributed by atoms with van der Waals surface area (Å²) in [6, 6.07) is 0. The Kier molecular flexibility index (Phi) is 2.27. The maximum Gasteiger partial charge on any atom is 0.309 e. The Labute approximate surface area is 60.0 Å². The summed E-state index contributed by atoms with van der Waals surface area (Å²) in [5, 5.41) is 8.63. The van der Waals surface area contributed by atoms with Gasteiger partial charge in [-0.1, -0.05) is 6.92 Å². The fourth-order valence-electron chi connectivity index (χ4n) is 1.17. The monoisotopic (exact) mass is 144 g/mol. The average Bonchev–Trinajstić information content (AvgIpc) is 1.76. The summed E-state index contributed by atoms with van der Waals surface area (Å²) in [5.41, 5.74) is 0. The van der Waals surface area contributed by atoms with Crippen molar-refractivity contribution in [2.24, 2.45) is 5.92 Å². The highest BCUT2D eigenvalue weighted by Gasteiger charge is 2.31. The molecular formula is C7H12O3. The van der Waals surface area contributed by atoms with E-state index in [4.69, 9.17) is 9.84 Å². The van der Waals surface area contributed by atoms with E-state index in [-0.39, 0.29) is 12.0 Å². The summed E-state index contributed by atoms with van der Waals surface area (Å²) in [5.74, 6) is -1.01. The van der Waals surface area contributed by atoms with Crippen molar-refractivity contribution in [1.29, 1.82) is 0 Å². The van der Waals surface area contributed by atoms with Crippen LogP contribution in [0.2, 0.25) is 0 Å². The van der Waals surface area contributed by atoms with E-state index in [1.54, 1.807) is 0 Å². The highest BCUT2D eigenvalue weighted by molar-refractivity contribution is 5.70. The van der Waals surface area contributed by atoms with E-state index in [1.165, 1.54) is 0 Å². The Bertz CT molecular complexity index is 129. The number of hydrogen-bond acceptors (Lipinski definition) is 2. The molecule has 1 aliphatic heterocycles. The van der Waals surface area contributed by atoms with Crippen molar-refractivity contribution in [3.05, 3.63) is 0 Å². The van der Waals surface area contributed by atoms with E-state index >= 15 is 0 Å². The molecule has 0 saturated carbocycles. The van der Waals surface area contributed by atoms with E-state index in [9.17, 15) is 4.79 Å². The molecule has 58 valence electrons. The zero-order valence-corrected chi connectivity index (χ0v) is 6.04. The Morgan fingerprint density at radius 3 is 2.60 bits per heavy atom. The molecule has 0 aromatic rings. The maximum atomic E-state index is 10.5. The highest BCUT2D eigenvalue weighted by Crippen LogP contribution is 2.22. The zero-order valence-electron chi connectivity index (χ0n) is 6.04. The average molecular weight is 144 g/mol. The summed E-state index contributed by atoms with van der Waals surface area (Å²) in [4.78, 5) is 10.5. The predicted molar refractivity (Wildman–Crippen MR) is 35.8 cm³/mol. The summed E-state index contributed by atoms with van der Waals surface area (Å²) < 4.78 is 5.06. The molecule has 0 radical (unpaired) electrons. The van der Waals surface area contributed by atoms with E-state index in [0.717, 1.165) is 13.0 Å². The van der Waals surface area contributed by atoms with Crippen molar-refractivity contribution in [2.45, 2.75) is 25.9 Å². The summed E-state index contributed by atoms with van der Waals surface area (Å²) in [6.45, 7) is 2.61. The van der Waals surface area contributed by atoms with Gasteiger partial charge in [-0.05, 0) is 12.8 Å². The first-order valence-corrected chi connectivity index (χ1v) is 3.60. The Balaban J connectivity index is 2.39. The van der Waals surface area contributed by atoms with Gasteiger partial charge in [-0.25, -0.2) is 0 Å². The van der Waals surface area contributed by atoms with Crippen molar-refractivity contribution < 1.29 is 14.6 Å². The largest absolute Gasteiger partial charge is 0.481 e. The molecule has 0 aromatic heterocycles. The number of aliphatic carboxylic acids is 1. The molecule has 3 heteroatoms. The van der Waals surface area contributed by atoms with E-state index in [0.29, 0.717) is 6.42 Å². The third-order valence-corrected chi connectivity index (χ3v) is 1.94. The molecule has 0 aromatic carbocycles. The maximum absolute atomic E-state index is 10.5. The highest BCUT2D eigenvalue weighted by atomic mass is 16.5. The zero-order chi connectivity index (χ0) is 7.56. The van der Waals surface area contributed by atoms with Gasteiger partial charge in [0.1, 0.15) is 0 Å². The second-order valence-corrected chi connectivity index (χ2v) is 2.55. The molecule has 10 heavy (non-hydrogen) atoms. The molecule has 0 amide bonds. The lowest BCUT2D eigenvalue weighted by atomic mass is 9.94. The van der Waals surface area contributed by atoms with E-state index in [2.05, 4.69) is 0 Å². The molecule has 1 N–H and O–H groups in total. The van der Waals surface area contributed by atoms with Gasteiger partial charge in [-0.15, -0.1) is 0 Å². The molecule has 1 aliphatic rings. The van der Waals surface area contributed by atoms with Gasteiger partial charge in [0.05, 0.1) is 12.0 Å². The summed E-state index contributed by atoms with van der Waals surface area (Å²) in [6.07, 6.45) is 1.56. The van der Waals surface area contributed by atoms with Gasteiger partial charge in [0, 0.05) is 6.61 Å². The minimum Gasteiger partial charge on any atom is -0.481 e. The molecular weight excluding hydrogens is 132 g/mol. The van der Waals surface area contributed by atoms with Gasteiger partial charge in [0.25, 0.3) is 0 Å². The fourth-order valence-corrected chi connectivity index (χ4v) is 1.17. The third kappa shape index (κ3) is 1.29. The van der Waals surface area contributed by atoms with Gasteiger partial charge in [-0.2, -0.15) is 0 Å². The molecule has 1 rings (SSSR count). The minimum atomic E-state index is -0.729. The van der Waals surface area contributed by atoms with Gasteiger partial charge < -0.3 is 9.84 Å². The van der Waals surface area contributed by atoms with E-state index < -0.39 is 5.97 Å². The van der Waals surface area contributed by atoms with Crippen LogP contribution in [0.15, 0.2) is 0 Å². The van der Waals surface area contributed by atoms with Crippen LogP contribution in [-0.2, 0) is 9.53 Å². The number of carboxylic acids is 1. The van der Waals surface area contributed by atoms with Crippen LogP contribution in [0.4, 0.5) is 0 Å². The normalized spacial score (nSPS) is 27.1. The van der Waals surface area contributed by atoms with Crippen molar-refractivity contribution >= 4 is 5.97 Å². The Morgan fingerprint density at radius 2 is 2.50 bits per heavy atom. The third-order valence-electron chi connectivity index (χ3n) is 1.94. The molecule has 1 saturated heterocycles. The van der Waals surface area contributed by atoms with Crippen molar-refractivity contribution in [1.82, 2.24) is 0 Å². The van der Waals surface area contributed by atoms with Crippen LogP contribution >= 0.6 is 0 Å². The topological polar surface area (TPSA) is 46.5 Å². The number of hydrogen-bond donors (Lipinski definition) is 1.